The molecular formula is C17H22O4. The molecule has 1 heterocycles. The Kier molecular flexibility index (Phi) is 4.15. The third-order valence-electron chi connectivity index (χ3n) is 4.60. The molecule has 1 spiro atoms. The third-order valence-corrected chi connectivity index (χ3v) is 4.60. The van der Waals surface area contributed by atoms with Gasteiger partial charge < -0.3 is 14.2 Å². The lowest BCUT2D eigenvalue weighted by molar-refractivity contribution is -0.108. The molecule has 1 saturated heterocycles. The van der Waals surface area contributed by atoms with Gasteiger partial charge in [0, 0.05) is 12.8 Å². The van der Waals surface area contributed by atoms with Crippen LogP contribution in [0.15, 0.2) is 18.2 Å². The van der Waals surface area contributed by atoms with E-state index in [0.717, 1.165) is 38.6 Å². The normalized spacial score (nSPS) is 24.0. The second-order valence-corrected chi connectivity index (χ2v) is 5.99. The second-order valence-electron chi connectivity index (χ2n) is 5.99. The Morgan fingerprint density at radius 1 is 1.33 bits per heavy atom. The van der Waals surface area contributed by atoms with Crippen molar-refractivity contribution in [1.29, 1.82) is 0 Å². The summed E-state index contributed by atoms with van der Waals surface area (Å²) in [4.78, 5) is 11.2. The summed E-state index contributed by atoms with van der Waals surface area (Å²) in [5, 5.41) is 0. The van der Waals surface area contributed by atoms with E-state index >= 15 is 0 Å². The molecular weight excluding hydrogens is 268 g/mol. The Morgan fingerprint density at radius 2 is 2.14 bits per heavy atom. The Hall–Kier alpha value is -1.55. The average Bonchev–Trinajstić information content (AvgIpc) is 2.95. The van der Waals surface area contributed by atoms with Gasteiger partial charge in [-0.1, -0.05) is 12.8 Å². The molecule has 4 nitrogen and oxygen atoms in total. The van der Waals surface area contributed by atoms with Crippen molar-refractivity contribution in [3.05, 3.63) is 23.8 Å². The Bertz CT molecular complexity index is 506. The van der Waals surface area contributed by atoms with Crippen LogP contribution in [0, 0.1) is 0 Å². The summed E-state index contributed by atoms with van der Waals surface area (Å²) in [6.07, 6.45) is 7.52. The molecule has 2 aliphatic rings. The van der Waals surface area contributed by atoms with Crippen LogP contribution in [0.4, 0.5) is 0 Å². The second kappa shape index (κ2) is 6.06. The molecule has 114 valence electrons. The van der Waals surface area contributed by atoms with Gasteiger partial charge in [-0.3, -0.25) is 4.79 Å². The Morgan fingerprint density at radius 3 is 2.86 bits per heavy atom. The monoisotopic (exact) mass is 290 g/mol. The van der Waals surface area contributed by atoms with Crippen molar-refractivity contribution in [2.75, 3.05) is 13.7 Å². The zero-order chi connectivity index (χ0) is 14.7. The molecule has 4 heteroatoms. The van der Waals surface area contributed by atoms with E-state index in [0.29, 0.717) is 17.1 Å². The number of aldehydes is 1. The van der Waals surface area contributed by atoms with Crippen LogP contribution in [0.25, 0.3) is 0 Å². The van der Waals surface area contributed by atoms with Crippen LogP contribution < -0.4 is 9.47 Å². The van der Waals surface area contributed by atoms with Crippen LogP contribution in [0.3, 0.4) is 0 Å². The minimum Gasteiger partial charge on any atom is -0.497 e. The molecule has 1 aliphatic carbocycles. The Balaban J connectivity index is 1.72. The van der Waals surface area contributed by atoms with Crippen molar-refractivity contribution in [2.24, 2.45) is 0 Å². The smallest absolute Gasteiger partial charge is 0.153 e. The molecule has 0 radical (unpaired) electrons. The molecule has 1 unspecified atom stereocenters. The number of hydrogen-bond donors (Lipinski definition) is 0. The minimum atomic E-state index is 0.0245. The molecule has 1 aromatic carbocycles. The van der Waals surface area contributed by atoms with Crippen LogP contribution in [0.1, 0.15) is 48.9 Å². The van der Waals surface area contributed by atoms with Crippen LogP contribution >= 0.6 is 0 Å². The summed E-state index contributed by atoms with van der Waals surface area (Å²) >= 11 is 0. The zero-order valence-corrected chi connectivity index (χ0v) is 12.5. The number of benzene rings is 1. The summed E-state index contributed by atoms with van der Waals surface area (Å²) in [6, 6.07) is 5.36. The summed E-state index contributed by atoms with van der Waals surface area (Å²) < 4.78 is 17.3. The van der Waals surface area contributed by atoms with Gasteiger partial charge in [0.25, 0.3) is 0 Å². The SMILES string of the molecule is COc1ccc(OC2CCOC3(CCCC3)C2)c(C=O)c1. The average molecular weight is 290 g/mol. The standard InChI is InChI=1S/C17H22O4/c1-19-14-4-5-16(13(10-14)12-18)21-15-6-9-20-17(11-15)7-2-3-8-17/h4-5,10,12,15H,2-3,6-9,11H2,1H3. The van der Waals surface area contributed by atoms with E-state index in [1.165, 1.54) is 12.8 Å². The quantitative estimate of drug-likeness (QED) is 0.797. The highest BCUT2D eigenvalue weighted by Crippen LogP contribution is 2.41. The first-order chi connectivity index (χ1) is 10.2. The van der Waals surface area contributed by atoms with Crippen LogP contribution in [-0.2, 0) is 4.74 Å². The maximum Gasteiger partial charge on any atom is 0.153 e. The lowest BCUT2D eigenvalue weighted by Crippen LogP contribution is -2.41. The maximum absolute atomic E-state index is 11.2. The third kappa shape index (κ3) is 3.05. The number of rotatable bonds is 4. The van der Waals surface area contributed by atoms with E-state index in [9.17, 15) is 4.79 Å². The first-order valence-corrected chi connectivity index (χ1v) is 7.68. The van der Waals surface area contributed by atoms with Gasteiger partial charge in [-0.25, -0.2) is 0 Å². The van der Waals surface area contributed by atoms with Gasteiger partial charge in [-0.15, -0.1) is 0 Å². The molecule has 21 heavy (non-hydrogen) atoms. The fourth-order valence-electron chi connectivity index (χ4n) is 3.48. The number of ether oxygens (including phenoxy) is 3. The maximum atomic E-state index is 11.2. The number of carbonyl (C=O) groups excluding carboxylic acids is 1. The zero-order valence-electron chi connectivity index (χ0n) is 12.5. The van der Waals surface area contributed by atoms with Gasteiger partial charge in [-0.05, 0) is 31.0 Å². The van der Waals surface area contributed by atoms with Crippen LogP contribution in [0.5, 0.6) is 11.5 Å². The van der Waals surface area contributed by atoms with Gasteiger partial charge >= 0.3 is 0 Å². The summed E-state index contributed by atoms with van der Waals surface area (Å²) in [5.41, 5.74) is 0.567. The van der Waals surface area contributed by atoms with Gasteiger partial charge in [-0.2, -0.15) is 0 Å². The summed E-state index contributed by atoms with van der Waals surface area (Å²) in [7, 11) is 1.59. The first kappa shape index (κ1) is 14.4. The molecule has 1 aromatic rings. The number of carbonyl (C=O) groups is 1. The number of methoxy groups -OCH3 is 1. The fraction of sp³-hybridized carbons (Fsp3) is 0.588. The molecule has 3 rings (SSSR count). The molecule has 0 bridgehead atoms. The highest BCUT2D eigenvalue weighted by Gasteiger charge is 2.40. The van der Waals surface area contributed by atoms with Crippen molar-refractivity contribution >= 4 is 6.29 Å². The predicted molar refractivity (Wildman–Crippen MR) is 79.2 cm³/mol. The van der Waals surface area contributed by atoms with Gasteiger partial charge in [0.05, 0.1) is 24.9 Å². The largest absolute Gasteiger partial charge is 0.497 e. The Labute approximate surface area is 125 Å². The van der Waals surface area contributed by atoms with E-state index in [-0.39, 0.29) is 11.7 Å². The highest BCUT2D eigenvalue weighted by molar-refractivity contribution is 5.80. The highest BCUT2D eigenvalue weighted by atomic mass is 16.5. The van der Waals surface area contributed by atoms with E-state index in [4.69, 9.17) is 14.2 Å². The van der Waals surface area contributed by atoms with E-state index < -0.39 is 0 Å². The summed E-state index contributed by atoms with van der Waals surface area (Å²) in [6.45, 7) is 0.747. The molecule has 0 aromatic heterocycles. The molecule has 0 N–H and O–H groups in total. The van der Waals surface area contributed by atoms with Crippen molar-refractivity contribution in [2.45, 2.75) is 50.2 Å². The van der Waals surface area contributed by atoms with Crippen molar-refractivity contribution in [3.8, 4) is 11.5 Å². The van der Waals surface area contributed by atoms with Gasteiger partial charge in [0.1, 0.15) is 17.6 Å². The lowest BCUT2D eigenvalue weighted by Gasteiger charge is -2.38. The van der Waals surface area contributed by atoms with Crippen molar-refractivity contribution < 1.29 is 19.0 Å². The van der Waals surface area contributed by atoms with E-state index in [1.807, 2.05) is 12.1 Å². The lowest BCUT2D eigenvalue weighted by atomic mass is 9.90. The molecule has 0 amide bonds. The minimum absolute atomic E-state index is 0.0245. The van der Waals surface area contributed by atoms with Crippen LogP contribution in [0.2, 0.25) is 0 Å². The van der Waals surface area contributed by atoms with Crippen molar-refractivity contribution in [1.82, 2.24) is 0 Å². The molecule has 1 atom stereocenters. The van der Waals surface area contributed by atoms with E-state index in [2.05, 4.69) is 0 Å². The van der Waals surface area contributed by atoms with Crippen molar-refractivity contribution in [3.63, 3.8) is 0 Å². The molecule has 1 aliphatic heterocycles. The molecule has 2 fully saturated rings. The topological polar surface area (TPSA) is 44.8 Å². The van der Waals surface area contributed by atoms with Gasteiger partial charge in [0.15, 0.2) is 6.29 Å². The number of hydrogen-bond acceptors (Lipinski definition) is 4. The predicted octanol–water partition coefficient (Wildman–Crippen LogP) is 3.38. The fourth-order valence-corrected chi connectivity index (χ4v) is 3.48. The van der Waals surface area contributed by atoms with Crippen LogP contribution in [-0.4, -0.2) is 31.7 Å². The summed E-state index contributed by atoms with van der Waals surface area (Å²) in [5.74, 6) is 1.31. The molecule has 1 saturated carbocycles. The van der Waals surface area contributed by atoms with E-state index in [1.54, 1.807) is 13.2 Å². The first-order valence-electron chi connectivity index (χ1n) is 7.68. The van der Waals surface area contributed by atoms with Gasteiger partial charge in [0.2, 0.25) is 0 Å².